The maximum absolute atomic E-state index is 13.7. The predicted molar refractivity (Wildman–Crippen MR) is 84.8 cm³/mol. The van der Waals surface area contributed by atoms with Crippen LogP contribution < -0.4 is 0 Å². The van der Waals surface area contributed by atoms with Crippen molar-refractivity contribution in [3.63, 3.8) is 0 Å². The fourth-order valence-corrected chi connectivity index (χ4v) is 2.90. The zero-order chi connectivity index (χ0) is 17.0. The van der Waals surface area contributed by atoms with Gasteiger partial charge in [0.25, 0.3) is 0 Å². The normalized spacial score (nSPS) is 19.7. The number of carbonyl (C=O) groups excluding carboxylic acids is 1. The number of hydrogen-bond acceptors (Lipinski definition) is 6. The molecule has 0 aliphatic carbocycles. The molecule has 0 amide bonds. The van der Waals surface area contributed by atoms with Gasteiger partial charge in [0.1, 0.15) is 11.2 Å². The minimum Gasteiger partial charge on any atom is -0.463 e. The topological polar surface area (TPSA) is 71.7 Å². The highest BCUT2D eigenvalue weighted by Gasteiger charge is 2.47. The molecule has 5 nitrogen and oxygen atoms in total. The van der Waals surface area contributed by atoms with Crippen molar-refractivity contribution < 1.29 is 18.8 Å². The highest BCUT2D eigenvalue weighted by atomic mass is 35.5. The van der Waals surface area contributed by atoms with Gasteiger partial charge in [-0.15, -0.1) is 0 Å². The van der Waals surface area contributed by atoms with Gasteiger partial charge in [-0.25, -0.2) is 9.18 Å². The molecular weight excluding hydrogens is 343 g/mol. The van der Waals surface area contributed by atoms with E-state index in [-0.39, 0.29) is 22.9 Å². The number of carbonyl (C=O) groups is 1. The van der Waals surface area contributed by atoms with Gasteiger partial charge in [0.15, 0.2) is 0 Å². The molecule has 0 saturated carbocycles. The zero-order valence-corrected chi connectivity index (χ0v) is 14.1. The third-order valence-corrected chi connectivity index (χ3v) is 4.43. The number of halogens is 2. The predicted octanol–water partition coefficient (Wildman–Crippen LogP) is 3.89. The molecule has 8 heteroatoms. The molecule has 1 aromatic rings. The molecule has 2 rings (SSSR count). The monoisotopic (exact) mass is 356 g/mol. The van der Waals surface area contributed by atoms with E-state index >= 15 is 0 Å². The van der Waals surface area contributed by atoms with Gasteiger partial charge in [-0.3, -0.25) is 0 Å². The van der Waals surface area contributed by atoms with Gasteiger partial charge in [0.2, 0.25) is 5.60 Å². The molecule has 0 saturated heterocycles. The van der Waals surface area contributed by atoms with Gasteiger partial charge < -0.3 is 9.57 Å². The number of ether oxygens (including phenoxy) is 1. The second-order valence-electron chi connectivity index (χ2n) is 4.83. The van der Waals surface area contributed by atoms with Crippen molar-refractivity contribution in [3.05, 3.63) is 28.5 Å². The van der Waals surface area contributed by atoms with Crippen LogP contribution in [0.3, 0.4) is 0 Å². The molecule has 0 N–H and O–H groups in total. The van der Waals surface area contributed by atoms with Gasteiger partial charge >= 0.3 is 5.97 Å². The number of nitrogens with zero attached hydrogens (tertiary/aromatic N) is 2. The summed E-state index contributed by atoms with van der Waals surface area (Å²) in [6.07, 6.45) is 0.543. The molecular formula is C15H14ClFN2O3S. The van der Waals surface area contributed by atoms with Gasteiger partial charge in [-0.1, -0.05) is 23.7 Å². The number of thioether (sulfide) groups is 1. The average molecular weight is 357 g/mol. The Bertz CT molecular complexity index is 705. The number of benzene rings is 1. The van der Waals surface area contributed by atoms with Crippen LogP contribution in [-0.4, -0.2) is 23.9 Å². The molecule has 0 aromatic heterocycles. The third-order valence-electron chi connectivity index (χ3n) is 3.49. The van der Waals surface area contributed by atoms with Crippen LogP contribution in [0.2, 0.25) is 5.02 Å². The van der Waals surface area contributed by atoms with Crippen LogP contribution in [0, 0.1) is 16.5 Å². The fourth-order valence-electron chi connectivity index (χ4n) is 2.21. The molecule has 1 unspecified atom stereocenters. The molecule has 1 atom stereocenters. The van der Waals surface area contributed by atoms with Gasteiger partial charge in [0, 0.05) is 12.0 Å². The number of esters is 1. The van der Waals surface area contributed by atoms with E-state index in [4.69, 9.17) is 26.4 Å². The molecule has 1 aromatic carbocycles. The van der Waals surface area contributed by atoms with Crippen LogP contribution in [0.15, 0.2) is 22.2 Å². The quantitative estimate of drug-likeness (QED) is 0.454. The Kier molecular flexibility index (Phi) is 5.50. The number of oxime groups is 1. The lowest BCUT2D eigenvalue weighted by atomic mass is 9.92. The van der Waals surface area contributed by atoms with E-state index in [0.29, 0.717) is 29.5 Å². The van der Waals surface area contributed by atoms with Gasteiger partial charge in [-0.2, -0.15) is 5.26 Å². The molecule has 122 valence electrons. The Balaban J connectivity index is 2.33. The lowest BCUT2D eigenvalue weighted by Crippen LogP contribution is -2.40. The molecule has 0 radical (unpaired) electrons. The molecule has 23 heavy (non-hydrogen) atoms. The molecule has 1 aliphatic heterocycles. The van der Waals surface area contributed by atoms with Crippen molar-refractivity contribution in [2.24, 2.45) is 5.16 Å². The van der Waals surface area contributed by atoms with E-state index in [0.717, 1.165) is 6.07 Å². The van der Waals surface area contributed by atoms with Crippen LogP contribution in [0.4, 0.5) is 4.39 Å². The number of rotatable bonds is 5. The standard InChI is InChI=1S/C15H14ClFN2O3S/c1-3-15(14(20)21-4-2)7-12(19-22-15)9-5-13(23-8-18)11(17)6-10(9)16/h5-6H,3-4,7H2,1-2H3. The molecule has 0 spiro atoms. The van der Waals surface area contributed by atoms with Gasteiger partial charge in [-0.05, 0) is 37.2 Å². The summed E-state index contributed by atoms with van der Waals surface area (Å²) < 4.78 is 18.8. The van der Waals surface area contributed by atoms with Crippen molar-refractivity contribution >= 4 is 35.0 Å². The number of thiocyanates is 1. The number of hydrogen-bond donors (Lipinski definition) is 0. The summed E-state index contributed by atoms with van der Waals surface area (Å²) in [5.41, 5.74) is -0.332. The summed E-state index contributed by atoms with van der Waals surface area (Å²) in [5.74, 6) is -1.08. The lowest BCUT2D eigenvalue weighted by molar-refractivity contribution is -0.169. The first-order valence-electron chi connectivity index (χ1n) is 6.95. The first-order chi connectivity index (χ1) is 11.0. The van der Waals surface area contributed by atoms with Crippen molar-refractivity contribution in [2.75, 3.05) is 6.61 Å². The highest BCUT2D eigenvalue weighted by molar-refractivity contribution is 8.03. The average Bonchev–Trinajstić information content (AvgIpc) is 2.96. The SMILES string of the molecule is CCOC(=O)C1(CC)CC(c2cc(SC#N)c(F)cc2Cl)=NO1. The van der Waals surface area contributed by atoms with Crippen LogP contribution in [-0.2, 0) is 14.4 Å². The molecule has 0 fully saturated rings. The summed E-state index contributed by atoms with van der Waals surface area (Å²) in [4.78, 5) is 17.6. The summed E-state index contributed by atoms with van der Waals surface area (Å²) in [6, 6.07) is 2.56. The van der Waals surface area contributed by atoms with E-state index in [1.54, 1.807) is 13.8 Å². The Morgan fingerprint density at radius 2 is 2.35 bits per heavy atom. The second kappa shape index (κ2) is 7.20. The molecule has 0 bridgehead atoms. The molecule has 1 aliphatic rings. The van der Waals surface area contributed by atoms with Crippen molar-refractivity contribution in [2.45, 2.75) is 37.2 Å². The first kappa shape index (κ1) is 17.6. The zero-order valence-electron chi connectivity index (χ0n) is 12.6. The number of nitriles is 1. The summed E-state index contributed by atoms with van der Waals surface area (Å²) in [7, 11) is 0. The smallest absolute Gasteiger partial charge is 0.353 e. The maximum Gasteiger partial charge on any atom is 0.353 e. The highest BCUT2D eigenvalue weighted by Crippen LogP contribution is 2.35. The Morgan fingerprint density at radius 1 is 1.61 bits per heavy atom. The minimum atomic E-state index is -1.19. The summed E-state index contributed by atoms with van der Waals surface area (Å²) >= 11 is 6.76. The lowest BCUT2D eigenvalue weighted by Gasteiger charge is -2.22. The van der Waals surface area contributed by atoms with E-state index in [1.807, 2.05) is 5.40 Å². The van der Waals surface area contributed by atoms with Crippen LogP contribution in [0.1, 0.15) is 32.3 Å². The minimum absolute atomic E-state index is 0.139. The van der Waals surface area contributed by atoms with Crippen LogP contribution >= 0.6 is 23.4 Å². The Hall–Kier alpha value is -1.78. The largest absolute Gasteiger partial charge is 0.463 e. The van der Waals surface area contributed by atoms with Crippen molar-refractivity contribution in [3.8, 4) is 5.40 Å². The van der Waals surface area contributed by atoms with E-state index in [2.05, 4.69) is 5.16 Å². The first-order valence-corrected chi connectivity index (χ1v) is 8.14. The third kappa shape index (κ3) is 3.43. The molecule has 1 heterocycles. The summed E-state index contributed by atoms with van der Waals surface area (Å²) in [6.45, 7) is 3.73. The fraction of sp³-hybridized carbons (Fsp3) is 0.400. The summed E-state index contributed by atoms with van der Waals surface area (Å²) in [5, 5.41) is 14.6. The Labute approximate surface area is 142 Å². The van der Waals surface area contributed by atoms with Crippen molar-refractivity contribution in [1.82, 2.24) is 0 Å². The second-order valence-corrected chi connectivity index (χ2v) is 6.06. The van der Waals surface area contributed by atoms with Crippen molar-refractivity contribution in [1.29, 1.82) is 5.26 Å². The van der Waals surface area contributed by atoms with Gasteiger partial charge in [0.05, 0.1) is 22.2 Å². The maximum atomic E-state index is 13.7. The van der Waals surface area contributed by atoms with Crippen LogP contribution in [0.5, 0.6) is 0 Å². The Morgan fingerprint density at radius 3 is 2.96 bits per heavy atom. The van der Waals surface area contributed by atoms with Crippen LogP contribution in [0.25, 0.3) is 0 Å². The van der Waals surface area contributed by atoms with E-state index in [9.17, 15) is 9.18 Å². The van der Waals surface area contributed by atoms with E-state index < -0.39 is 17.4 Å². The van der Waals surface area contributed by atoms with E-state index in [1.165, 1.54) is 6.07 Å².